The van der Waals surface area contributed by atoms with Crippen molar-refractivity contribution in [2.75, 3.05) is 0 Å². The molecule has 35 heavy (non-hydrogen) atoms. The number of carbonyl (C=O) groups is 1. The molecule has 5 nitrogen and oxygen atoms in total. The molecule has 6 rings (SSSR count). The number of benzene rings is 4. The average molecular weight is 481 g/mol. The van der Waals surface area contributed by atoms with E-state index in [-0.39, 0.29) is 21.1 Å². The minimum absolute atomic E-state index is 0.0874. The number of hydrogen-bond donors (Lipinski definition) is 0. The molecule has 1 aliphatic carbocycles. The predicted octanol–water partition coefficient (Wildman–Crippen LogP) is 7.66. The standard InChI is InChI=1S/C29H22NO4S/c1-29(17-16-22-24(29)11-7-12-25(22)30(32)33)34-28(31)19-14-15-27-23(18-19)21-10-5-6-13-26(21)35(27)20-8-3-2-4-9-20/h2-15,18H,16-17H2,1H3/q+1. The Bertz CT molecular complexity index is 1640. The first kappa shape index (κ1) is 21.5. The van der Waals surface area contributed by atoms with Crippen molar-refractivity contribution in [3.05, 3.63) is 118 Å². The van der Waals surface area contributed by atoms with Crippen molar-refractivity contribution in [3.8, 4) is 4.90 Å². The van der Waals surface area contributed by atoms with Crippen LogP contribution in [-0.2, 0) is 16.8 Å². The summed E-state index contributed by atoms with van der Waals surface area (Å²) in [5.41, 5.74) is 1.05. The summed E-state index contributed by atoms with van der Waals surface area (Å²) in [5.74, 6) is -0.418. The van der Waals surface area contributed by atoms with Gasteiger partial charge in [0.15, 0.2) is 14.3 Å². The third kappa shape index (κ3) is 3.41. The van der Waals surface area contributed by atoms with E-state index in [4.69, 9.17) is 4.74 Å². The number of fused-ring (bicyclic) bond motifs is 4. The molecule has 0 aliphatic heterocycles. The molecule has 6 heteroatoms. The van der Waals surface area contributed by atoms with Crippen LogP contribution < -0.4 is 0 Å². The van der Waals surface area contributed by atoms with Gasteiger partial charge in [0.25, 0.3) is 5.69 Å². The van der Waals surface area contributed by atoms with Crippen LogP contribution in [0, 0.1) is 10.1 Å². The molecule has 1 aromatic heterocycles. The normalized spacial score (nSPS) is 17.5. The zero-order chi connectivity index (χ0) is 24.2. The van der Waals surface area contributed by atoms with Crippen LogP contribution in [0.1, 0.15) is 34.8 Å². The van der Waals surface area contributed by atoms with Crippen molar-refractivity contribution in [1.29, 1.82) is 0 Å². The first-order chi connectivity index (χ1) is 17.0. The number of hydrogen-bond acceptors (Lipinski definition) is 4. The molecule has 0 amide bonds. The van der Waals surface area contributed by atoms with Gasteiger partial charge in [-0.15, -0.1) is 0 Å². The molecule has 0 bridgehead atoms. The van der Waals surface area contributed by atoms with Gasteiger partial charge >= 0.3 is 5.97 Å². The quantitative estimate of drug-likeness (QED) is 0.115. The molecular formula is C29H22NO4S+. The number of thiophene rings is 1. The lowest BCUT2D eigenvalue weighted by atomic mass is 9.97. The highest BCUT2D eigenvalue weighted by molar-refractivity contribution is 7.50. The topological polar surface area (TPSA) is 69.4 Å². The third-order valence-electron chi connectivity index (χ3n) is 6.90. The fourth-order valence-corrected chi connectivity index (χ4v) is 7.59. The fourth-order valence-electron chi connectivity index (χ4n) is 5.21. The summed E-state index contributed by atoms with van der Waals surface area (Å²) < 4.78 is 8.50. The number of esters is 1. The molecule has 0 N–H and O–H groups in total. The lowest BCUT2D eigenvalue weighted by molar-refractivity contribution is -0.385. The number of carbonyl (C=O) groups excluding carboxylic acids is 1. The number of nitrogens with zero attached hydrogens (tertiary/aromatic N) is 1. The summed E-state index contributed by atoms with van der Waals surface area (Å²) >= 11 is 0. The monoisotopic (exact) mass is 480 g/mol. The zero-order valence-corrected chi connectivity index (χ0v) is 19.9. The second kappa shape index (κ2) is 8.03. The Morgan fingerprint density at radius 2 is 1.66 bits per heavy atom. The molecule has 0 saturated heterocycles. The second-order valence-electron chi connectivity index (χ2n) is 9.01. The van der Waals surface area contributed by atoms with Gasteiger partial charge < -0.3 is 4.74 Å². The van der Waals surface area contributed by atoms with E-state index in [9.17, 15) is 14.9 Å². The summed E-state index contributed by atoms with van der Waals surface area (Å²) in [6.45, 7) is 1.84. The molecule has 0 saturated carbocycles. The fraction of sp³-hybridized carbons (Fsp3) is 0.138. The third-order valence-corrected chi connectivity index (χ3v) is 9.23. The van der Waals surface area contributed by atoms with Crippen LogP contribution in [0.25, 0.3) is 25.1 Å². The number of nitro groups is 1. The highest BCUT2D eigenvalue weighted by Crippen LogP contribution is 2.49. The summed E-state index contributed by atoms with van der Waals surface area (Å²) in [5, 5.41) is 13.6. The zero-order valence-electron chi connectivity index (χ0n) is 19.1. The molecule has 1 aliphatic rings. The minimum Gasteiger partial charge on any atom is -0.451 e. The molecule has 1 heterocycles. The van der Waals surface area contributed by atoms with Crippen molar-refractivity contribution < 1.29 is 14.5 Å². The van der Waals surface area contributed by atoms with E-state index in [1.165, 1.54) is 20.4 Å². The maximum absolute atomic E-state index is 13.3. The van der Waals surface area contributed by atoms with E-state index < -0.39 is 11.6 Å². The van der Waals surface area contributed by atoms with E-state index in [2.05, 4.69) is 42.5 Å². The van der Waals surface area contributed by atoms with Crippen LogP contribution in [0.4, 0.5) is 5.69 Å². The number of ether oxygens (including phenoxy) is 1. The van der Waals surface area contributed by atoms with Gasteiger partial charge in [-0.2, -0.15) is 0 Å². The summed E-state index contributed by atoms with van der Waals surface area (Å²) in [6.07, 6.45) is 1.03. The van der Waals surface area contributed by atoms with Gasteiger partial charge in [0, 0.05) is 38.4 Å². The average Bonchev–Trinajstić information content (AvgIpc) is 3.39. The van der Waals surface area contributed by atoms with Gasteiger partial charge in [0.1, 0.15) is 5.60 Å². The molecule has 0 fully saturated rings. The van der Waals surface area contributed by atoms with Gasteiger partial charge in [0.2, 0.25) is 0 Å². The van der Waals surface area contributed by atoms with Crippen LogP contribution in [0.5, 0.6) is 0 Å². The Kier molecular flexibility index (Phi) is 4.93. The van der Waals surface area contributed by atoms with Crippen molar-refractivity contribution in [1.82, 2.24) is 0 Å². The van der Waals surface area contributed by atoms with Gasteiger partial charge in [-0.05, 0) is 62.2 Å². The Labute approximate surface area is 204 Å². The van der Waals surface area contributed by atoms with Crippen LogP contribution >= 0.6 is 10.5 Å². The minimum atomic E-state index is -0.899. The number of nitro benzene ring substituents is 1. The first-order valence-corrected chi connectivity index (χ1v) is 12.7. The Hall–Kier alpha value is -4.03. The van der Waals surface area contributed by atoms with E-state index >= 15 is 0 Å². The van der Waals surface area contributed by atoms with E-state index in [1.807, 2.05) is 43.3 Å². The maximum Gasteiger partial charge on any atom is 0.339 e. The second-order valence-corrected chi connectivity index (χ2v) is 11.0. The molecule has 0 spiro atoms. The smallest absolute Gasteiger partial charge is 0.339 e. The lowest BCUT2D eigenvalue weighted by Crippen LogP contribution is -2.26. The van der Waals surface area contributed by atoms with Gasteiger partial charge in [-0.1, -0.05) is 42.5 Å². The summed E-state index contributed by atoms with van der Waals surface area (Å²) in [4.78, 5) is 25.7. The van der Waals surface area contributed by atoms with Crippen LogP contribution in [-0.4, -0.2) is 10.9 Å². The summed E-state index contributed by atoms with van der Waals surface area (Å²) in [7, 11) is -0.227. The molecule has 172 valence electrons. The first-order valence-electron chi connectivity index (χ1n) is 11.5. The van der Waals surface area contributed by atoms with Crippen LogP contribution in [0.3, 0.4) is 0 Å². The Morgan fingerprint density at radius 3 is 2.46 bits per heavy atom. The van der Waals surface area contributed by atoms with E-state index in [0.717, 1.165) is 16.3 Å². The molecule has 2 unspecified atom stereocenters. The van der Waals surface area contributed by atoms with Gasteiger partial charge in [-0.25, -0.2) is 4.79 Å². The molecular weight excluding hydrogens is 458 g/mol. The maximum atomic E-state index is 13.3. The molecule has 4 aromatic carbocycles. The van der Waals surface area contributed by atoms with Crippen LogP contribution in [0.2, 0.25) is 0 Å². The molecule has 0 radical (unpaired) electrons. The summed E-state index contributed by atoms with van der Waals surface area (Å²) in [6, 6.07) is 29.6. The van der Waals surface area contributed by atoms with Crippen molar-refractivity contribution in [2.24, 2.45) is 0 Å². The van der Waals surface area contributed by atoms with Crippen molar-refractivity contribution in [2.45, 2.75) is 25.4 Å². The van der Waals surface area contributed by atoms with Gasteiger partial charge in [0.05, 0.1) is 10.5 Å². The number of rotatable bonds is 4. The molecule has 2 atom stereocenters. The highest BCUT2D eigenvalue weighted by atomic mass is 32.2. The van der Waals surface area contributed by atoms with Gasteiger partial charge in [-0.3, -0.25) is 10.1 Å². The van der Waals surface area contributed by atoms with E-state index in [1.54, 1.807) is 6.07 Å². The van der Waals surface area contributed by atoms with Crippen LogP contribution in [0.15, 0.2) is 91.0 Å². The largest absolute Gasteiger partial charge is 0.451 e. The SMILES string of the molecule is CC1(OC(=O)c2ccc3c(c2)c2ccccc2[s+]3-c2ccccc2)CCc2c([N+](=O)[O-])cccc21. The Morgan fingerprint density at radius 1 is 0.914 bits per heavy atom. The lowest BCUT2D eigenvalue weighted by Gasteiger charge is -2.25. The van der Waals surface area contributed by atoms with Crippen molar-refractivity contribution >= 4 is 42.3 Å². The highest BCUT2D eigenvalue weighted by Gasteiger charge is 2.41. The molecule has 5 aromatic rings. The van der Waals surface area contributed by atoms with Crippen molar-refractivity contribution in [3.63, 3.8) is 0 Å². The Balaban J connectivity index is 1.41. The predicted molar refractivity (Wildman–Crippen MR) is 139 cm³/mol. The van der Waals surface area contributed by atoms with E-state index in [0.29, 0.717) is 24.0 Å².